The molecule has 0 aliphatic carbocycles. The molecule has 1 aliphatic rings. The Morgan fingerprint density at radius 2 is 1.56 bits per heavy atom. The summed E-state index contributed by atoms with van der Waals surface area (Å²) < 4.78 is 34.4. The summed E-state index contributed by atoms with van der Waals surface area (Å²) in [6, 6.07) is 17.1. The maximum Gasteiger partial charge on any atom is 0.261 e. The zero-order valence-electron chi connectivity index (χ0n) is 18.8. The molecular formula is C25H26N2O4S. The van der Waals surface area contributed by atoms with Crippen molar-refractivity contribution in [3.8, 4) is 11.5 Å². The number of benzene rings is 3. The lowest BCUT2D eigenvalue weighted by Crippen LogP contribution is -2.25. The summed E-state index contributed by atoms with van der Waals surface area (Å²) >= 11 is 0. The second-order valence-electron chi connectivity index (χ2n) is 9.03. The van der Waals surface area contributed by atoms with E-state index < -0.39 is 10.0 Å². The number of amides is 1. The van der Waals surface area contributed by atoms with Gasteiger partial charge in [-0.3, -0.25) is 9.52 Å². The number of carbonyl (C=O) groups excluding carboxylic acids is 1. The quantitative estimate of drug-likeness (QED) is 0.574. The summed E-state index contributed by atoms with van der Waals surface area (Å²) in [5.41, 5.74) is 3.20. The molecule has 0 aromatic heterocycles. The molecule has 1 amide bonds. The van der Waals surface area contributed by atoms with Gasteiger partial charge in [-0.05, 0) is 65.9 Å². The van der Waals surface area contributed by atoms with Crippen LogP contribution in [0.5, 0.6) is 11.5 Å². The first-order valence-electron chi connectivity index (χ1n) is 10.3. The highest BCUT2D eigenvalue weighted by atomic mass is 32.2. The van der Waals surface area contributed by atoms with Crippen LogP contribution in [0.15, 0.2) is 65.6 Å². The van der Waals surface area contributed by atoms with Crippen LogP contribution in [0.3, 0.4) is 0 Å². The van der Waals surface area contributed by atoms with Crippen molar-refractivity contribution < 1.29 is 17.9 Å². The Hall–Kier alpha value is -3.32. The molecule has 1 heterocycles. The maximum absolute atomic E-state index is 13.1. The SMILES string of the molecule is Cc1ccc2c(c1)N(C)C(=O)c1cc(NS(=O)(=O)c3ccc(C(C)(C)C)cc3)ccc1O2. The van der Waals surface area contributed by atoms with Gasteiger partial charge in [0.2, 0.25) is 0 Å². The lowest BCUT2D eigenvalue weighted by atomic mass is 9.87. The van der Waals surface area contributed by atoms with Gasteiger partial charge < -0.3 is 9.64 Å². The molecule has 0 radical (unpaired) electrons. The smallest absolute Gasteiger partial charge is 0.261 e. The Kier molecular flexibility index (Phi) is 5.25. The molecule has 3 aromatic carbocycles. The van der Waals surface area contributed by atoms with Crippen molar-refractivity contribution in [2.24, 2.45) is 0 Å². The Labute approximate surface area is 188 Å². The summed E-state index contributed by atoms with van der Waals surface area (Å²) in [4.78, 5) is 14.8. The summed E-state index contributed by atoms with van der Waals surface area (Å²) in [6.45, 7) is 8.15. The molecule has 1 N–H and O–H groups in total. The van der Waals surface area contributed by atoms with Gasteiger partial charge in [-0.15, -0.1) is 0 Å². The lowest BCUT2D eigenvalue weighted by molar-refractivity contribution is 0.0993. The normalized spacial score (nSPS) is 13.7. The van der Waals surface area contributed by atoms with E-state index >= 15 is 0 Å². The predicted molar refractivity (Wildman–Crippen MR) is 126 cm³/mol. The van der Waals surface area contributed by atoms with Crippen LogP contribution in [0.25, 0.3) is 0 Å². The average Bonchev–Trinajstić information content (AvgIpc) is 2.83. The summed E-state index contributed by atoms with van der Waals surface area (Å²) in [5, 5.41) is 0. The summed E-state index contributed by atoms with van der Waals surface area (Å²) in [5.74, 6) is 0.666. The number of nitrogens with zero attached hydrogens (tertiary/aromatic N) is 1. The van der Waals surface area contributed by atoms with E-state index in [1.165, 1.54) is 11.0 Å². The molecule has 0 spiro atoms. The highest BCUT2D eigenvalue weighted by Crippen LogP contribution is 2.39. The van der Waals surface area contributed by atoms with E-state index in [1.54, 1.807) is 31.3 Å². The van der Waals surface area contributed by atoms with Crippen LogP contribution in [0.1, 0.15) is 42.3 Å². The molecule has 3 aromatic rings. The molecule has 0 fully saturated rings. The van der Waals surface area contributed by atoms with Crippen LogP contribution < -0.4 is 14.4 Å². The van der Waals surface area contributed by atoms with E-state index in [0.29, 0.717) is 17.2 Å². The Morgan fingerprint density at radius 1 is 0.906 bits per heavy atom. The van der Waals surface area contributed by atoms with Gasteiger partial charge in [0.15, 0.2) is 5.75 Å². The lowest BCUT2D eigenvalue weighted by Gasteiger charge is -2.19. The Balaban J connectivity index is 1.65. The van der Waals surface area contributed by atoms with Crippen LogP contribution in [0.2, 0.25) is 0 Å². The summed E-state index contributed by atoms with van der Waals surface area (Å²) in [6.07, 6.45) is 0. The standard InChI is InChI=1S/C25H26N2O4S/c1-16-6-12-23-21(14-16)27(5)24(28)20-15-18(9-13-22(20)31-23)26-32(29,30)19-10-7-17(8-11-19)25(2,3)4/h6-15,26H,1-5H3. The molecule has 4 rings (SSSR count). The van der Waals surface area contributed by atoms with E-state index in [2.05, 4.69) is 25.5 Å². The molecule has 6 nitrogen and oxygen atoms in total. The predicted octanol–water partition coefficient (Wildman–Crippen LogP) is 5.48. The van der Waals surface area contributed by atoms with Crippen molar-refractivity contribution >= 4 is 27.3 Å². The van der Waals surface area contributed by atoms with Crippen molar-refractivity contribution in [2.75, 3.05) is 16.7 Å². The zero-order chi connectivity index (χ0) is 23.3. The Morgan fingerprint density at radius 3 is 2.22 bits per heavy atom. The fraction of sp³-hybridized carbons (Fsp3) is 0.240. The van der Waals surface area contributed by atoms with Gasteiger partial charge in [-0.25, -0.2) is 8.42 Å². The molecule has 0 saturated heterocycles. The third-order valence-electron chi connectivity index (χ3n) is 5.49. The first kappa shape index (κ1) is 21.9. The van der Waals surface area contributed by atoms with Crippen molar-refractivity contribution in [2.45, 2.75) is 38.0 Å². The largest absolute Gasteiger partial charge is 0.454 e. The molecule has 0 saturated carbocycles. The van der Waals surface area contributed by atoms with Gasteiger partial charge in [0.25, 0.3) is 15.9 Å². The molecular weight excluding hydrogens is 424 g/mol. The molecule has 1 aliphatic heterocycles. The number of carbonyl (C=O) groups is 1. The van der Waals surface area contributed by atoms with Crippen LogP contribution in [0, 0.1) is 6.92 Å². The third kappa shape index (κ3) is 4.08. The fourth-order valence-corrected chi connectivity index (χ4v) is 4.63. The number of hydrogen-bond donors (Lipinski definition) is 1. The minimum atomic E-state index is -3.82. The monoisotopic (exact) mass is 450 g/mol. The van der Waals surface area contributed by atoms with Gasteiger partial charge in [-0.2, -0.15) is 0 Å². The molecule has 32 heavy (non-hydrogen) atoms. The zero-order valence-corrected chi connectivity index (χ0v) is 19.6. The first-order valence-corrected chi connectivity index (χ1v) is 11.8. The highest BCUT2D eigenvalue weighted by molar-refractivity contribution is 7.92. The van der Waals surface area contributed by atoms with Gasteiger partial charge in [0.1, 0.15) is 5.75 Å². The second-order valence-corrected chi connectivity index (χ2v) is 10.7. The summed E-state index contributed by atoms with van der Waals surface area (Å²) in [7, 11) is -2.14. The second kappa shape index (κ2) is 7.67. The van der Waals surface area contributed by atoms with E-state index in [0.717, 1.165) is 11.1 Å². The van der Waals surface area contributed by atoms with Gasteiger partial charge in [0.05, 0.1) is 16.1 Å². The minimum Gasteiger partial charge on any atom is -0.454 e. The molecule has 0 atom stereocenters. The van der Waals surface area contributed by atoms with Crippen molar-refractivity contribution in [1.29, 1.82) is 0 Å². The van der Waals surface area contributed by atoms with Gasteiger partial charge in [-0.1, -0.05) is 39.0 Å². The number of sulfonamides is 1. The number of aryl methyl sites for hydroxylation is 1. The van der Waals surface area contributed by atoms with E-state index in [4.69, 9.17) is 4.74 Å². The molecule has 7 heteroatoms. The highest BCUT2D eigenvalue weighted by Gasteiger charge is 2.27. The van der Waals surface area contributed by atoms with E-state index in [9.17, 15) is 13.2 Å². The minimum absolute atomic E-state index is 0.0742. The topological polar surface area (TPSA) is 75.7 Å². The van der Waals surface area contributed by atoms with Crippen molar-refractivity contribution in [1.82, 2.24) is 0 Å². The van der Waals surface area contributed by atoms with E-state index in [-0.39, 0.29) is 27.5 Å². The van der Waals surface area contributed by atoms with Gasteiger partial charge >= 0.3 is 0 Å². The third-order valence-corrected chi connectivity index (χ3v) is 6.89. The van der Waals surface area contributed by atoms with Crippen molar-refractivity contribution in [3.63, 3.8) is 0 Å². The van der Waals surface area contributed by atoms with E-state index in [1.807, 2.05) is 37.3 Å². The number of fused-ring (bicyclic) bond motifs is 2. The van der Waals surface area contributed by atoms with Crippen LogP contribution >= 0.6 is 0 Å². The van der Waals surface area contributed by atoms with Crippen LogP contribution in [-0.4, -0.2) is 21.4 Å². The number of ether oxygens (including phenoxy) is 1. The number of anilines is 2. The number of rotatable bonds is 3. The van der Waals surface area contributed by atoms with Crippen molar-refractivity contribution in [3.05, 3.63) is 77.4 Å². The Bertz CT molecular complexity index is 1310. The number of hydrogen-bond acceptors (Lipinski definition) is 4. The van der Waals surface area contributed by atoms with Gasteiger partial charge in [0, 0.05) is 12.7 Å². The molecule has 166 valence electrons. The van der Waals surface area contributed by atoms with Crippen LogP contribution in [-0.2, 0) is 15.4 Å². The fourth-order valence-electron chi connectivity index (χ4n) is 3.58. The molecule has 0 bridgehead atoms. The van der Waals surface area contributed by atoms with Crippen LogP contribution in [0.4, 0.5) is 11.4 Å². The number of nitrogens with one attached hydrogen (secondary N) is 1. The first-order chi connectivity index (χ1) is 15.0. The average molecular weight is 451 g/mol. The maximum atomic E-state index is 13.1. The molecule has 0 unspecified atom stereocenters.